The van der Waals surface area contributed by atoms with E-state index >= 15 is 0 Å². The molecule has 2 rings (SSSR count). The third kappa shape index (κ3) is 10.3. The molecule has 0 fully saturated rings. The van der Waals surface area contributed by atoms with Crippen LogP contribution in [-0.4, -0.2) is 12.0 Å². The van der Waals surface area contributed by atoms with Gasteiger partial charge in [0.25, 0.3) is 0 Å². The van der Waals surface area contributed by atoms with E-state index in [0.717, 1.165) is 11.7 Å². The minimum atomic E-state index is -0.0247. The van der Waals surface area contributed by atoms with Crippen molar-refractivity contribution in [2.24, 2.45) is 5.92 Å². The number of hydrogen-bond donors (Lipinski definition) is 0. The summed E-state index contributed by atoms with van der Waals surface area (Å²) >= 11 is 1.97. The zero-order valence-electron chi connectivity index (χ0n) is 28.4. The molecule has 230 valence electrons. The number of allylic oxidation sites excluding steroid dienone is 2. The van der Waals surface area contributed by atoms with Gasteiger partial charge in [0, 0.05) is 17.1 Å². The molecule has 0 aliphatic rings. The van der Waals surface area contributed by atoms with Crippen molar-refractivity contribution in [3.05, 3.63) is 70.8 Å². The Morgan fingerprint density at radius 2 is 1.29 bits per heavy atom. The summed E-state index contributed by atoms with van der Waals surface area (Å²) in [6.45, 7) is 25.1. The molecule has 1 heteroatoms. The molecule has 2 unspecified atom stereocenters. The van der Waals surface area contributed by atoms with Gasteiger partial charge in [-0.1, -0.05) is 153 Å². The molecule has 0 amide bonds. The van der Waals surface area contributed by atoms with Crippen LogP contribution in [0.3, 0.4) is 0 Å². The lowest BCUT2D eigenvalue weighted by Gasteiger charge is -2.29. The van der Waals surface area contributed by atoms with E-state index in [2.05, 4.69) is 85.6 Å². The van der Waals surface area contributed by atoms with Gasteiger partial charge in [0.05, 0.1) is 0 Å². The van der Waals surface area contributed by atoms with E-state index in [4.69, 9.17) is 6.58 Å². The van der Waals surface area contributed by atoms with Gasteiger partial charge in [0.2, 0.25) is 0 Å². The molecular formula is C40H64S. The second-order valence-electron chi connectivity index (χ2n) is 13.5. The molecule has 0 aromatic heterocycles. The summed E-state index contributed by atoms with van der Waals surface area (Å²) in [6.07, 6.45) is 21.5. The summed E-state index contributed by atoms with van der Waals surface area (Å²) in [5, 5.41) is 2.79. The van der Waals surface area contributed by atoms with Crippen LogP contribution in [0.5, 0.6) is 0 Å². The van der Waals surface area contributed by atoms with Crippen LogP contribution >= 0.6 is 11.8 Å². The van der Waals surface area contributed by atoms with Crippen molar-refractivity contribution in [2.45, 2.75) is 150 Å². The van der Waals surface area contributed by atoms with Gasteiger partial charge in [0.1, 0.15) is 0 Å². The van der Waals surface area contributed by atoms with Crippen LogP contribution in [0.15, 0.2) is 48.6 Å². The Morgan fingerprint density at radius 1 is 0.756 bits per heavy atom. The first-order valence-electron chi connectivity index (χ1n) is 17.0. The minimum Gasteiger partial charge on any atom is -0.164 e. The lowest BCUT2D eigenvalue weighted by atomic mass is 9.75. The second-order valence-corrected chi connectivity index (χ2v) is 14.4. The van der Waals surface area contributed by atoms with Crippen LogP contribution in [0.1, 0.15) is 153 Å². The van der Waals surface area contributed by atoms with Gasteiger partial charge >= 0.3 is 0 Å². The number of benzene rings is 2. The van der Waals surface area contributed by atoms with Crippen molar-refractivity contribution in [2.75, 3.05) is 12.0 Å². The number of unbranched alkanes of at least 4 members (excludes halogenated alkanes) is 8. The fourth-order valence-corrected chi connectivity index (χ4v) is 7.42. The normalized spacial score (nSPS) is 13.5. The highest BCUT2D eigenvalue weighted by molar-refractivity contribution is 7.98. The predicted molar refractivity (Wildman–Crippen MR) is 191 cm³/mol. The lowest BCUT2D eigenvalue weighted by molar-refractivity contribution is 0.379. The molecule has 0 nitrogen and oxygen atoms in total. The van der Waals surface area contributed by atoms with Gasteiger partial charge in [-0.05, 0) is 78.8 Å². The number of aryl methyl sites for hydroxylation is 2. The molecule has 0 aliphatic carbocycles. The monoisotopic (exact) mass is 576 g/mol. The molecule has 0 bridgehead atoms. The fourth-order valence-electron chi connectivity index (χ4n) is 6.67. The molecule has 2 aromatic rings. The average molecular weight is 577 g/mol. The molecule has 0 saturated carbocycles. The Labute approximate surface area is 260 Å². The smallest absolute Gasteiger partial charge is 0.0139 e. The zero-order valence-corrected chi connectivity index (χ0v) is 29.2. The average Bonchev–Trinajstić information content (AvgIpc) is 2.94. The largest absolute Gasteiger partial charge is 0.164 e. The van der Waals surface area contributed by atoms with Gasteiger partial charge in [-0.15, -0.1) is 0 Å². The molecule has 0 heterocycles. The van der Waals surface area contributed by atoms with E-state index in [0.29, 0.717) is 5.92 Å². The Balaban J connectivity index is 2.20. The quantitative estimate of drug-likeness (QED) is 0.105. The number of hydrogen-bond acceptors (Lipinski definition) is 1. The van der Waals surface area contributed by atoms with Crippen molar-refractivity contribution in [3.8, 4) is 0 Å². The number of rotatable bonds is 21. The Bertz CT molecular complexity index is 1090. The van der Waals surface area contributed by atoms with Crippen molar-refractivity contribution in [3.63, 3.8) is 0 Å². The van der Waals surface area contributed by atoms with Gasteiger partial charge in [-0.2, -0.15) is 11.8 Å². The Kier molecular flexibility index (Phi) is 15.9. The van der Waals surface area contributed by atoms with E-state index in [1.165, 1.54) is 134 Å². The molecule has 0 saturated heterocycles. The lowest BCUT2D eigenvalue weighted by Crippen LogP contribution is -2.19. The first-order valence-corrected chi connectivity index (χ1v) is 18.3. The van der Waals surface area contributed by atoms with Gasteiger partial charge in [0.15, 0.2) is 0 Å². The predicted octanol–water partition coefficient (Wildman–Crippen LogP) is 13.4. The van der Waals surface area contributed by atoms with Crippen LogP contribution in [0, 0.1) is 19.8 Å². The SMILES string of the molecule is C=C(CCC(CCCCCC)CCCCCCCC)C(CSC)c1ccc2c(C)c(C(C)(C)C(=C)C)ccc2c1C. The van der Waals surface area contributed by atoms with Crippen molar-refractivity contribution >= 4 is 22.5 Å². The second kappa shape index (κ2) is 18.3. The summed E-state index contributed by atoms with van der Waals surface area (Å²) in [6, 6.07) is 9.54. The molecule has 0 aliphatic heterocycles. The summed E-state index contributed by atoms with van der Waals surface area (Å²) in [5.41, 5.74) is 8.34. The van der Waals surface area contributed by atoms with Gasteiger partial charge in [-0.25, -0.2) is 0 Å². The van der Waals surface area contributed by atoms with E-state index in [-0.39, 0.29) is 5.41 Å². The molecule has 0 radical (unpaired) electrons. The molecule has 0 spiro atoms. The maximum atomic E-state index is 4.74. The van der Waals surface area contributed by atoms with Crippen molar-refractivity contribution in [1.29, 1.82) is 0 Å². The van der Waals surface area contributed by atoms with E-state index in [1.807, 2.05) is 11.8 Å². The topological polar surface area (TPSA) is 0 Å². The standard InChI is InChI=1S/C40H64S/c1-11-13-15-17-18-20-22-34(21-19-16-14-12-2)24-23-31(5)38(29-41-10)36-25-26-37-33(7)39(40(8,9)30(3)4)28-27-35(37)32(36)6/h25-28,34,38H,3,5,11-24,29H2,1-2,4,6-10H3. The summed E-state index contributed by atoms with van der Waals surface area (Å²) in [5.74, 6) is 2.40. The van der Waals surface area contributed by atoms with E-state index in [9.17, 15) is 0 Å². The van der Waals surface area contributed by atoms with E-state index < -0.39 is 0 Å². The maximum absolute atomic E-state index is 4.74. The minimum absolute atomic E-state index is 0.0247. The first kappa shape index (κ1) is 35.7. The summed E-state index contributed by atoms with van der Waals surface area (Å²) < 4.78 is 0. The highest BCUT2D eigenvalue weighted by Crippen LogP contribution is 2.40. The molecule has 2 atom stereocenters. The number of thioether (sulfide) groups is 1. The van der Waals surface area contributed by atoms with E-state index in [1.54, 1.807) is 0 Å². The van der Waals surface area contributed by atoms with Crippen LogP contribution in [0.25, 0.3) is 10.8 Å². The molecular weight excluding hydrogens is 513 g/mol. The highest BCUT2D eigenvalue weighted by Gasteiger charge is 2.25. The van der Waals surface area contributed by atoms with Gasteiger partial charge in [-0.3, -0.25) is 0 Å². The zero-order chi connectivity index (χ0) is 30.4. The molecule has 41 heavy (non-hydrogen) atoms. The number of fused-ring (bicyclic) bond motifs is 1. The third-order valence-electron chi connectivity index (χ3n) is 10.0. The summed E-state index contributed by atoms with van der Waals surface area (Å²) in [4.78, 5) is 0. The van der Waals surface area contributed by atoms with Crippen LogP contribution in [-0.2, 0) is 5.41 Å². The van der Waals surface area contributed by atoms with Gasteiger partial charge < -0.3 is 0 Å². The van der Waals surface area contributed by atoms with Crippen LogP contribution < -0.4 is 0 Å². The Morgan fingerprint density at radius 3 is 1.88 bits per heavy atom. The van der Waals surface area contributed by atoms with Crippen molar-refractivity contribution < 1.29 is 0 Å². The Hall–Kier alpha value is -1.47. The fraction of sp³-hybridized carbons (Fsp3) is 0.650. The first-order chi connectivity index (χ1) is 19.6. The molecule has 2 aromatic carbocycles. The summed E-state index contributed by atoms with van der Waals surface area (Å²) in [7, 11) is 0. The van der Waals surface area contributed by atoms with Crippen molar-refractivity contribution in [1.82, 2.24) is 0 Å². The maximum Gasteiger partial charge on any atom is 0.0139 e. The highest BCUT2D eigenvalue weighted by atomic mass is 32.2. The van der Waals surface area contributed by atoms with Crippen LogP contribution in [0.4, 0.5) is 0 Å². The third-order valence-corrected chi connectivity index (χ3v) is 10.7. The van der Waals surface area contributed by atoms with Crippen LogP contribution in [0.2, 0.25) is 0 Å². The molecule has 0 N–H and O–H groups in total.